The lowest BCUT2D eigenvalue weighted by Gasteiger charge is -2.36. The molecule has 4 heterocycles. The van der Waals surface area contributed by atoms with E-state index in [4.69, 9.17) is 4.98 Å². The van der Waals surface area contributed by atoms with E-state index in [0.29, 0.717) is 42.8 Å². The number of hydrogen-bond acceptors (Lipinski definition) is 6. The first-order valence-corrected chi connectivity index (χ1v) is 11.7. The van der Waals surface area contributed by atoms with E-state index in [2.05, 4.69) is 29.2 Å². The number of aryl methyl sites for hydroxylation is 1. The highest BCUT2D eigenvalue weighted by molar-refractivity contribution is 6.13. The largest absolute Gasteiger partial charge is 0.350 e. The number of halogens is 3. The summed E-state index contributed by atoms with van der Waals surface area (Å²) in [6.07, 6.45) is 5.34. The van der Waals surface area contributed by atoms with Gasteiger partial charge in [0.15, 0.2) is 23.3 Å². The van der Waals surface area contributed by atoms with Crippen molar-refractivity contribution in [1.82, 2.24) is 19.7 Å². The Kier molecular flexibility index (Phi) is 5.73. The topological polar surface area (TPSA) is 79.2 Å². The van der Waals surface area contributed by atoms with Crippen molar-refractivity contribution in [3.05, 3.63) is 70.6 Å². The molecule has 0 atom stereocenters. The van der Waals surface area contributed by atoms with Crippen LogP contribution in [0.25, 0.3) is 0 Å². The van der Waals surface area contributed by atoms with Gasteiger partial charge in [0.2, 0.25) is 5.95 Å². The zero-order chi connectivity index (χ0) is 25.8. The molecule has 2 aliphatic rings. The number of carbonyl (C=O) groups is 1. The molecule has 11 heteroatoms. The lowest BCUT2D eigenvalue weighted by atomic mass is 9.95. The van der Waals surface area contributed by atoms with Crippen molar-refractivity contribution in [2.75, 3.05) is 28.2 Å². The van der Waals surface area contributed by atoms with Gasteiger partial charge in [0, 0.05) is 36.8 Å². The van der Waals surface area contributed by atoms with E-state index in [-0.39, 0.29) is 23.4 Å². The maximum Gasteiger partial charge on any atom is 0.274 e. The first-order valence-electron chi connectivity index (χ1n) is 11.7. The number of hydrogen-bond donors (Lipinski definition) is 1. The van der Waals surface area contributed by atoms with Crippen molar-refractivity contribution in [3.63, 3.8) is 0 Å². The average Bonchev–Trinajstić information content (AvgIpc) is 3.40. The molecule has 2 aromatic heterocycles. The molecule has 1 N–H and O–H groups in total. The minimum absolute atomic E-state index is 0.0451. The third-order valence-corrected chi connectivity index (χ3v) is 6.26. The van der Waals surface area contributed by atoms with Crippen LogP contribution < -0.4 is 15.1 Å². The third-order valence-electron chi connectivity index (χ3n) is 6.26. The Balaban J connectivity index is 1.35. The molecule has 0 aliphatic carbocycles. The quantitative estimate of drug-likeness (QED) is 0.516. The van der Waals surface area contributed by atoms with Crippen molar-refractivity contribution in [3.8, 4) is 0 Å². The van der Waals surface area contributed by atoms with Crippen molar-refractivity contribution in [2.24, 2.45) is 5.41 Å². The summed E-state index contributed by atoms with van der Waals surface area (Å²) in [5, 5.41) is 7.42. The molecule has 0 bridgehead atoms. The molecule has 0 fully saturated rings. The molecule has 8 nitrogen and oxygen atoms in total. The molecule has 5 rings (SSSR count). The van der Waals surface area contributed by atoms with Crippen molar-refractivity contribution < 1.29 is 18.0 Å². The molecule has 3 aromatic rings. The summed E-state index contributed by atoms with van der Waals surface area (Å²) < 4.78 is 41.7. The summed E-state index contributed by atoms with van der Waals surface area (Å²) in [7, 11) is 0. The Bertz CT molecular complexity index is 1380. The molecule has 0 unspecified atom stereocenters. The van der Waals surface area contributed by atoms with Gasteiger partial charge in [-0.1, -0.05) is 13.8 Å². The van der Waals surface area contributed by atoms with Crippen LogP contribution >= 0.6 is 0 Å². The normalized spacial score (nSPS) is 16.2. The molecular formula is C25H26F3N7O. The number of fused-ring (bicyclic) bond motifs is 3. The summed E-state index contributed by atoms with van der Waals surface area (Å²) >= 11 is 0. The number of carbonyl (C=O) groups excluding carboxylic acids is 1. The van der Waals surface area contributed by atoms with Gasteiger partial charge in [-0.2, -0.15) is 10.1 Å². The van der Waals surface area contributed by atoms with E-state index < -0.39 is 17.5 Å². The van der Waals surface area contributed by atoms with Gasteiger partial charge in [-0.15, -0.1) is 0 Å². The van der Waals surface area contributed by atoms with Gasteiger partial charge in [-0.3, -0.25) is 9.48 Å². The molecule has 188 valence electrons. The summed E-state index contributed by atoms with van der Waals surface area (Å²) in [5.41, 5.74) is 2.93. The highest BCUT2D eigenvalue weighted by Crippen LogP contribution is 2.44. The Morgan fingerprint density at radius 2 is 1.83 bits per heavy atom. The van der Waals surface area contributed by atoms with Crippen LogP contribution in [0.5, 0.6) is 0 Å². The van der Waals surface area contributed by atoms with E-state index in [1.54, 1.807) is 17.3 Å². The van der Waals surface area contributed by atoms with Gasteiger partial charge in [-0.25, -0.2) is 18.2 Å². The predicted octanol–water partition coefficient (Wildman–Crippen LogP) is 4.16. The Hall–Kier alpha value is -3.89. The number of rotatable bonds is 6. The number of nitrogens with one attached hydrogen (secondary N) is 1. The van der Waals surface area contributed by atoms with E-state index in [9.17, 15) is 18.0 Å². The number of benzene rings is 1. The minimum atomic E-state index is -1.49. The van der Waals surface area contributed by atoms with Crippen LogP contribution in [0.3, 0.4) is 0 Å². The fraction of sp³-hybridized carbons (Fsp3) is 0.360. The van der Waals surface area contributed by atoms with E-state index >= 15 is 0 Å². The van der Waals surface area contributed by atoms with Crippen LogP contribution in [0.2, 0.25) is 0 Å². The van der Waals surface area contributed by atoms with E-state index in [1.165, 1.54) is 4.68 Å². The van der Waals surface area contributed by atoms with Crippen molar-refractivity contribution in [2.45, 2.75) is 40.8 Å². The fourth-order valence-electron chi connectivity index (χ4n) is 4.68. The smallest absolute Gasteiger partial charge is 0.274 e. The van der Waals surface area contributed by atoms with Gasteiger partial charge in [0.05, 0.1) is 18.4 Å². The minimum Gasteiger partial charge on any atom is -0.350 e. The van der Waals surface area contributed by atoms with Crippen LogP contribution in [-0.2, 0) is 17.9 Å². The van der Waals surface area contributed by atoms with Crippen molar-refractivity contribution in [1.29, 1.82) is 0 Å². The van der Waals surface area contributed by atoms with Gasteiger partial charge in [0.25, 0.3) is 5.91 Å². The Morgan fingerprint density at radius 3 is 2.53 bits per heavy atom. The predicted molar refractivity (Wildman–Crippen MR) is 129 cm³/mol. The number of nitrogens with zero attached hydrogens (tertiary/aromatic N) is 6. The number of likely N-dealkylation sites (N-methyl/N-ethyl adjacent to an activating group) is 1. The zero-order valence-electron chi connectivity index (χ0n) is 20.4. The average molecular weight is 498 g/mol. The van der Waals surface area contributed by atoms with Crippen LogP contribution in [0.15, 0.2) is 36.3 Å². The molecular weight excluding hydrogens is 471 g/mol. The van der Waals surface area contributed by atoms with Crippen molar-refractivity contribution >= 4 is 23.4 Å². The molecule has 36 heavy (non-hydrogen) atoms. The lowest BCUT2D eigenvalue weighted by molar-refractivity contribution is -0.115. The first kappa shape index (κ1) is 23.8. The standard InChI is InChI=1S/C25H26F3N7O/c1-5-34-21-14(2)31-24(32-22(21)35-13-25(3,4)8-19(35)23(34)36)29-9-16-10-30-33(12-16)11-15-6-17(26)20(28)18(27)7-15/h6-8,10,12H,5,9,11,13H2,1-4H3,(H,29,31,32). The highest BCUT2D eigenvalue weighted by atomic mass is 19.2. The van der Waals surface area contributed by atoms with Gasteiger partial charge in [0.1, 0.15) is 11.4 Å². The molecule has 2 aliphatic heterocycles. The van der Waals surface area contributed by atoms with Gasteiger partial charge < -0.3 is 15.1 Å². The van der Waals surface area contributed by atoms with Crippen LogP contribution in [-0.4, -0.2) is 38.7 Å². The summed E-state index contributed by atoms with van der Waals surface area (Å²) in [5.74, 6) is -2.90. The number of aromatic nitrogens is 4. The summed E-state index contributed by atoms with van der Waals surface area (Å²) in [6, 6.07) is 1.91. The molecule has 0 spiro atoms. The summed E-state index contributed by atoms with van der Waals surface area (Å²) in [6.45, 7) is 9.55. The molecule has 0 saturated heterocycles. The Labute approximate surface area is 206 Å². The van der Waals surface area contributed by atoms with Gasteiger partial charge >= 0.3 is 0 Å². The maximum atomic E-state index is 13.5. The first-order chi connectivity index (χ1) is 17.1. The second kappa shape index (κ2) is 8.65. The van der Waals surface area contributed by atoms with Crippen LogP contribution in [0.1, 0.15) is 37.6 Å². The monoisotopic (exact) mass is 497 g/mol. The lowest BCUT2D eigenvalue weighted by Crippen LogP contribution is -2.44. The number of anilines is 3. The SMILES string of the molecule is CCN1C(=O)C2=CC(C)(C)CN2c2nc(NCc3cnn(Cc4cc(F)c(F)c(F)c4)c3)nc(C)c21. The number of amides is 1. The fourth-order valence-corrected chi connectivity index (χ4v) is 4.68. The van der Waals surface area contributed by atoms with E-state index in [0.717, 1.165) is 23.4 Å². The second-order valence-corrected chi connectivity index (χ2v) is 9.73. The zero-order valence-corrected chi connectivity index (χ0v) is 20.4. The molecule has 0 radical (unpaired) electrons. The summed E-state index contributed by atoms with van der Waals surface area (Å²) in [4.78, 5) is 26.1. The van der Waals surface area contributed by atoms with Gasteiger partial charge in [-0.05, 0) is 37.6 Å². The van der Waals surface area contributed by atoms with E-state index in [1.807, 2.05) is 24.8 Å². The third kappa shape index (κ3) is 4.18. The molecule has 1 aromatic carbocycles. The second-order valence-electron chi connectivity index (χ2n) is 9.73. The van der Waals surface area contributed by atoms with Crippen LogP contribution in [0.4, 0.5) is 30.6 Å². The Morgan fingerprint density at radius 1 is 1.11 bits per heavy atom. The molecule has 1 amide bonds. The van der Waals surface area contributed by atoms with Crippen LogP contribution in [0, 0.1) is 29.8 Å². The molecule has 0 saturated carbocycles. The highest BCUT2D eigenvalue weighted by Gasteiger charge is 2.43. The maximum absolute atomic E-state index is 13.5.